The van der Waals surface area contributed by atoms with Gasteiger partial charge in [-0.2, -0.15) is 13.5 Å². The van der Waals surface area contributed by atoms with E-state index < -0.39 is 10.1 Å². The van der Waals surface area contributed by atoms with E-state index in [-0.39, 0.29) is 27.4 Å². The summed E-state index contributed by atoms with van der Waals surface area (Å²) < 4.78 is 34.5. The third-order valence-corrected chi connectivity index (χ3v) is 4.29. The fraction of sp³-hybridized carbons (Fsp3) is 0.125. The lowest BCUT2D eigenvalue weighted by molar-refractivity contribution is 0.232. The zero-order valence-corrected chi connectivity index (χ0v) is 16.4. The van der Waals surface area contributed by atoms with Crippen molar-refractivity contribution >= 4 is 33.9 Å². The fourth-order valence-corrected chi connectivity index (χ4v) is 2.39. The van der Waals surface area contributed by atoms with Crippen molar-refractivity contribution in [1.82, 2.24) is 5.48 Å². The van der Waals surface area contributed by atoms with Crippen molar-refractivity contribution < 1.29 is 28.0 Å². The van der Waals surface area contributed by atoms with Crippen LogP contribution in [-0.4, -0.2) is 42.6 Å². The standard InChI is InChI=1S/C9H11ClN4O3.C7H8O3S/c1-17-8-2-5(6(10)3-7(8)15)4-12-13-9(11)14-16;1-6-2-4-7(5-3-6)11(8,9)10/h2-4,15-16H,1H3,(H3,11,13,14);2-5H,1H3,(H,8,9,10). The largest absolute Gasteiger partial charge is 0.504 e. The molecule has 2 aromatic carbocycles. The quantitative estimate of drug-likeness (QED) is 0.212. The maximum Gasteiger partial charge on any atom is 0.294 e. The molecule has 0 aliphatic rings. The number of ether oxygens (including phenoxy) is 1. The van der Waals surface area contributed by atoms with Gasteiger partial charge in [-0.05, 0) is 25.1 Å². The number of benzene rings is 2. The predicted octanol–water partition coefficient (Wildman–Crippen LogP) is 1.92. The summed E-state index contributed by atoms with van der Waals surface area (Å²) >= 11 is 5.86. The second kappa shape index (κ2) is 10.5. The third-order valence-electron chi connectivity index (χ3n) is 3.09. The normalized spacial score (nSPS) is 11.7. The van der Waals surface area contributed by atoms with E-state index in [1.165, 1.54) is 37.6 Å². The van der Waals surface area contributed by atoms with Gasteiger partial charge in [0, 0.05) is 11.6 Å². The molecule has 0 unspecified atom stereocenters. The zero-order chi connectivity index (χ0) is 21.3. The summed E-state index contributed by atoms with van der Waals surface area (Å²) in [7, 11) is -2.61. The monoisotopic (exact) mass is 430 g/mol. The molecule has 2 rings (SSSR count). The van der Waals surface area contributed by atoms with Gasteiger partial charge in [0.05, 0.1) is 23.2 Å². The summed E-state index contributed by atoms with van der Waals surface area (Å²) in [5, 5.41) is 25.0. The first-order valence-electron chi connectivity index (χ1n) is 7.45. The topological polar surface area (TPSA) is 167 Å². The molecule has 12 heteroatoms. The second-order valence-electron chi connectivity index (χ2n) is 5.18. The van der Waals surface area contributed by atoms with Gasteiger partial charge < -0.3 is 15.6 Å². The lowest BCUT2D eigenvalue weighted by atomic mass is 10.2. The minimum absolute atomic E-state index is 0.0666. The first-order chi connectivity index (χ1) is 13.1. The van der Waals surface area contributed by atoms with Crippen LogP contribution in [0.4, 0.5) is 0 Å². The van der Waals surface area contributed by atoms with Crippen LogP contribution in [0, 0.1) is 6.92 Å². The van der Waals surface area contributed by atoms with Crippen LogP contribution in [0.2, 0.25) is 5.02 Å². The Kier molecular flexibility index (Phi) is 8.67. The first kappa shape index (κ1) is 23.2. The molecule has 2 aromatic rings. The number of phenolic OH excluding ortho intramolecular Hbond substituents is 1. The van der Waals surface area contributed by atoms with Gasteiger partial charge >= 0.3 is 0 Å². The van der Waals surface area contributed by atoms with E-state index >= 15 is 0 Å². The second-order valence-corrected chi connectivity index (χ2v) is 7.00. The van der Waals surface area contributed by atoms with E-state index in [2.05, 4.69) is 10.2 Å². The molecular weight excluding hydrogens is 412 g/mol. The van der Waals surface area contributed by atoms with Crippen molar-refractivity contribution in [2.45, 2.75) is 11.8 Å². The number of aryl methyl sites for hydroxylation is 1. The number of guanidine groups is 1. The Hall–Kier alpha value is -2.86. The van der Waals surface area contributed by atoms with Crippen LogP contribution in [0.3, 0.4) is 0 Å². The third kappa shape index (κ3) is 7.40. The fourth-order valence-electron chi connectivity index (χ4n) is 1.71. The molecule has 152 valence electrons. The van der Waals surface area contributed by atoms with Gasteiger partial charge in [0.15, 0.2) is 11.5 Å². The Morgan fingerprint density at radius 2 is 1.89 bits per heavy atom. The van der Waals surface area contributed by atoms with E-state index in [1.54, 1.807) is 17.6 Å². The number of nitrogens with zero attached hydrogens (tertiary/aromatic N) is 2. The highest BCUT2D eigenvalue weighted by Gasteiger charge is 2.07. The average molecular weight is 431 g/mol. The molecule has 0 aliphatic carbocycles. The van der Waals surface area contributed by atoms with Crippen molar-refractivity contribution in [2.75, 3.05) is 7.11 Å². The smallest absolute Gasteiger partial charge is 0.294 e. The number of hydrogen-bond acceptors (Lipinski definition) is 7. The molecule has 0 saturated heterocycles. The van der Waals surface area contributed by atoms with Gasteiger partial charge in [-0.15, -0.1) is 5.10 Å². The van der Waals surface area contributed by atoms with Crippen molar-refractivity contribution in [3.05, 3.63) is 52.5 Å². The molecule has 0 atom stereocenters. The highest BCUT2D eigenvalue weighted by Crippen LogP contribution is 2.31. The van der Waals surface area contributed by atoms with Crippen LogP contribution in [0.5, 0.6) is 11.5 Å². The Bertz CT molecular complexity index is 962. The van der Waals surface area contributed by atoms with E-state index in [4.69, 9.17) is 31.8 Å². The first-order valence-corrected chi connectivity index (χ1v) is 9.27. The van der Waals surface area contributed by atoms with E-state index in [0.29, 0.717) is 5.56 Å². The van der Waals surface area contributed by atoms with Gasteiger partial charge in [0.1, 0.15) is 0 Å². The molecular formula is C16H19ClN4O6S. The molecule has 28 heavy (non-hydrogen) atoms. The molecule has 0 spiro atoms. The molecule has 0 fully saturated rings. The Morgan fingerprint density at radius 1 is 1.29 bits per heavy atom. The van der Waals surface area contributed by atoms with Crippen LogP contribution in [0.25, 0.3) is 0 Å². The van der Waals surface area contributed by atoms with Crippen LogP contribution in [0.1, 0.15) is 11.1 Å². The van der Waals surface area contributed by atoms with Gasteiger partial charge in [0.2, 0.25) is 5.96 Å². The van der Waals surface area contributed by atoms with Gasteiger partial charge in [0.25, 0.3) is 10.1 Å². The van der Waals surface area contributed by atoms with E-state index in [0.717, 1.165) is 5.56 Å². The number of halogens is 1. The maximum atomic E-state index is 10.5. The summed E-state index contributed by atoms with van der Waals surface area (Å²) in [6.45, 7) is 1.84. The predicted molar refractivity (Wildman–Crippen MR) is 105 cm³/mol. The Labute approximate surface area is 166 Å². The minimum Gasteiger partial charge on any atom is -0.504 e. The van der Waals surface area contributed by atoms with Gasteiger partial charge in [-0.3, -0.25) is 9.76 Å². The minimum atomic E-state index is -4.02. The maximum absolute atomic E-state index is 10.5. The Balaban J connectivity index is 0.000000307. The number of rotatable bonds is 4. The molecule has 0 aliphatic heterocycles. The SMILES string of the molecule is COc1cc(C=N/N=C(\N)NO)c(Cl)cc1O.Cc1ccc(S(=O)(=O)O)cc1. The number of methoxy groups -OCH3 is 1. The van der Waals surface area contributed by atoms with Crippen molar-refractivity contribution in [3.8, 4) is 11.5 Å². The van der Waals surface area contributed by atoms with Crippen LogP contribution in [-0.2, 0) is 10.1 Å². The zero-order valence-electron chi connectivity index (χ0n) is 14.9. The molecule has 10 nitrogen and oxygen atoms in total. The average Bonchev–Trinajstić information content (AvgIpc) is 2.63. The number of hydroxylamine groups is 1. The highest BCUT2D eigenvalue weighted by atomic mass is 35.5. The Morgan fingerprint density at radius 3 is 2.39 bits per heavy atom. The van der Waals surface area contributed by atoms with Crippen LogP contribution < -0.4 is 16.0 Å². The highest BCUT2D eigenvalue weighted by molar-refractivity contribution is 7.85. The lowest BCUT2D eigenvalue weighted by Gasteiger charge is -2.05. The van der Waals surface area contributed by atoms with Crippen LogP contribution in [0.15, 0.2) is 51.5 Å². The van der Waals surface area contributed by atoms with Crippen molar-refractivity contribution in [3.63, 3.8) is 0 Å². The summed E-state index contributed by atoms with van der Waals surface area (Å²) in [6.07, 6.45) is 1.30. The number of hydrogen-bond donors (Lipinski definition) is 5. The molecule has 6 N–H and O–H groups in total. The van der Waals surface area contributed by atoms with Crippen molar-refractivity contribution in [2.24, 2.45) is 15.9 Å². The summed E-state index contributed by atoms with van der Waals surface area (Å²) in [5.74, 6) is -0.0779. The summed E-state index contributed by atoms with van der Waals surface area (Å²) in [5.41, 5.74) is 8.18. The molecule has 0 aromatic heterocycles. The summed E-state index contributed by atoms with van der Waals surface area (Å²) in [6, 6.07) is 8.79. The molecule has 0 bridgehead atoms. The van der Waals surface area contributed by atoms with E-state index in [1.807, 2.05) is 6.92 Å². The molecule has 0 amide bonds. The number of phenols is 1. The lowest BCUT2D eigenvalue weighted by Crippen LogP contribution is -2.27. The molecule has 0 heterocycles. The van der Waals surface area contributed by atoms with Crippen molar-refractivity contribution in [1.29, 1.82) is 0 Å². The summed E-state index contributed by atoms with van der Waals surface area (Å²) in [4.78, 5) is -0.0666. The van der Waals surface area contributed by atoms with Crippen LogP contribution >= 0.6 is 11.6 Å². The van der Waals surface area contributed by atoms with Gasteiger partial charge in [-0.1, -0.05) is 29.3 Å². The molecule has 0 radical (unpaired) electrons. The number of nitrogens with one attached hydrogen (secondary N) is 1. The van der Waals surface area contributed by atoms with E-state index in [9.17, 15) is 13.5 Å². The number of nitrogens with two attached hydrogens (primary N) is 1. The number of aromatic hydroxyl groups is 1. The molecule has 0 saturated carbocycles. The van der Waals surface area contributed by atoms with Gasteiger partial charge in [-0.25, -0.2) is 5.48 Å².